The van der Waals surface area contributed by atoms with Gasteiger partial charge in [0, 0.05) is 33.3 Å². The number of ether oxygens (including phenoxy) is 1. The van der Waals surface area contributed by atoms with Crippen molar-refractivity contribution in [3.63, 3.8) is 0 Å². The van der Waals surface area contributed by atoms with E-state index in [2.05, 4.69) is 10.0 Å². The van der Waals surface area contributed by atoms with Crippen LogP contribution in [0.1, 0.15) is 6.42 Å². The number of nitrogens with zero attached hydrogens (tertiary/aromatic N) is 1. The van der Waals surface area contributed by atoms with Gasteiger partial charge in [0.05, 0.1) is 6.61 Å². The highest BCUT2D eigenvalue weighted by molar-refractivity contribution is 7.87. The van der Waals surface area contributed by atoms with E-state index in [1.165, 1.54) is 4.31 Å². The highest BCUT2D eigenvalue weighted by Crippen LogP contribution is 2.02. The fourth-order valence-corrected chi connectivity index (χ4v) is 2.51. The number of nitrogens with one attached hydrogen (secondary N) is 2. The van der Waals surface area contributed by atoms with E-state index in [0.29, 0.717) is 19.7 Å². The molecule has 90 valence electrons. The number of methoxy groups -OCH3 is 1. The van der Waals surface area contributed by atoms with Gasteiger partial charge in [0.25, 0.3) is 10.2 Å². The number of rotatable bonds is 6. The minimum absolute atomic E-state index is 0.0139. The van der Waals surface area contributed by atoms with Crippen molar-refractivity contribution in [2.45, 2.75) is 12.5 Å². The van der Waals surface area contributed by atoms with Crippen molar-refractivity contribution in [1.29, 1.82) is 0 Å². The summed E-state index contributed by atoms with van der Waals surface area (Å²) in [6.45, 7) is 2.35. The molecule has 0 saturated carbocycles. The minimum Gasteiger partial charge on any atom is -0.383 e. The molecule has 1 unspecified atom stereocenters. The predicted octanol–water partition coefficient (Wildman–Crippen LogP) is -1.24. The van der Waals surface area contributed by atoms with Gasteiger partial charge in [-0.05, 0) is 13.0 Å². The van der Waals surface area contributed by atoms with Gasteiger partial charge in [0.1, 0.15) is 0 Å². The van der Waals surface area contributed by atoms with Gasteiger partial charge in [0.15, 0.2) is 0 Å². The van der Waals surface area contributed by atoms with Crippen LogP contribution in [0.15, 0.2) is 0 Å². The van der Waals surface area contributed by atoms with Crippen molar-refractivity contribution >= 4 is 10.2 Å². The van der Waals surface area contributed by atoms with Crippen LogP contribution in [0.4, 0.5) is 0 Å². The fraction of sp³-hybridized carbons (Fsp3) is 1.00. The maximum absolute atomic E-state index is 11.7. The zero-order chi connectivity index (χ0) is 11.3. The fourth-order valence-electron chi connectivity index (χ4n) is 1.40. The normalized spacial score (nSPS) is 22.5. The lowest BCUT2D eigenvalue weighted by Crippen LogP contribution is -2.45. The van der Waals surface area contributed by atoms with Gasteiger partial charge < -0.3 is 10.1 Å². The van der Waals surface area contributed by atoms with E-state index in [4.69, 9.17) is 4.74 Å². The van der Waals surface area contributed by atoms with E-state index in [1.54, 1.807) is 14.2 Å². The lowest BCUT2D eigenvalue weighted by atomic mass is 10.3. The third-order valence-corrected chi connectivity index (χ3v) is 4.03. The summed E-state index contributed by atoms with van der Waals surface area (Å²) in [5.41, 5.74) is 0. The molecule has 1 atom stereocenters. The first-order valence-electron chi connectivity index (χ1n) is 4.99. The standard InChI is InChI=1S/C8H19N3O3S/c1-11(5-6-14-2)15(12,13)10-8-3-4-9-7-8/h8-10H,3-7H2,1-2H3. The van der Waals surface area contributed by atoms with Gasteiger partial charge in [-0.3, -0.25) is 0 Å². The quantitative estimate of drug-likeness (QED) is 0.606. The summed E-state index contributed by atoms with van der Waals surface area (Å²) in [5.74, 6) is 0. The molecule has 1 saturated heterocycles. The first-order valence-corrected chi connectivity index (χ1v) is 6.43. The van der Waals surface area contributed by atoms with E-state index < -0.39 is 10.2 Å². The SMILES string of the molecule is COCCN(C)S(=O)(=O)NC1CCNC1. The molecule has 0 spiro atoms. The Balaban J connectivity index is 2.42. The van der Waals surface area contributed by atoms with Crippen molar-refractivity contribution < 1.29 is 13.2 Å². The van der Waals surface area contributed by atoms with Gasteiger partial charge in [0.2, 0.25) is 0 Å². The molecule has 0 amide bonds. The first kappa shape index (κ1) is 12.9. The molecule has 0 bridgehead atoms. The Morgan fingerprint density at radius 1 is 1.60 bits per heavy atom. The molecule has 1 heterocycles. The third kappa shape index (κ3) is 4.04. The van der Waals surface area contributed by atoms with Crippen LogP contribution in [0.5, 0.6) is 0 Å². The molecule has 0 radical (unpaired) electrons. The Hall–Kier alpha value is -0.210. The summed E-state index contributed by atoms with van der Waals surface area (Å²) >= 11 is 0. The lowest BCUT2D eigenvalue weighted by molar-refractivity contribution is 0.184. The summed E-state index contributed by atoms with van der Waals surface area (Å²) in [6, 6.07) is 0.0139. The molecular weight excluding hydrogens is 218 g/mol. The molecular formula is C8H19N3O3S. The van der Waals surface area contributed by atoms with Crippen molar-refractivity contribution in [1.82, 2.24) is 14.3 Å². The minimum atomic E-state index is -3.35. The van der Waals surface area contributed by atoms with Gasteiger partial charge in [-0.25, -0.2) is 0 Å². The number of hydrogen-bond donors (Lipinski definition) is 2. The van der Waals surface area contributed by atoms with E-state index in [9.17, 15) is 8.42 Å². The van der Waals surface area contributed by atoms with E-state index in [1.807, 2.05) is 0 Å². The Morgan fingerprint density at radius 2 is 2.33 bits per heavy atom. The van der Waals surface area contributed by atoms with Gasteiger partial charge in [-0.15, -0.1) is 0 Å². The van der Waals surface area contributed by atoms with E-state index in [-0.39, 0.29) is 6.04 Å². The topological polar surface area (TPSA) is 70.7 Å². The molecule has 1 rings (SSSR count). The van der Waals surface area contributed by atoms with Crippen molar-refractivity contribution in [3.05, 3.63) is 0 Å². The van der Waals surface area contributed by atoms with Crippen LogP contribution < -0.4 is 10.0 Å². The summed E-state index contributed by atoms with van der Waals surface area (Å²) in [6.07, 6.45) is 0.845. The summed E-state index contributed by atoms with van der Waals surface area (Å²) in [5, 5.41) is 3.11. The summed E-state index contributed by atoms with van der Waals surface area (Å²) in [7, 11) is -0.257. The zero-order valence-corrected chi connectivity index (χ0v) is 10.0. The van der Waals surface area contributed by atoms with E-state index in [0.717, 1.165) is 13.0 Å². The van der Waals surface area contributed by atoms with Crippen LogP contribution in [0.2, 0.25) is 0 Å². The Labute approximate surface area is 91.2 Å². The average molecular weight is 237 g/mol. The van der Waals surface area contributed by atoms with Crippen LogP contribution in [0.25, 0.3) is 0 Å². The van der Waals surface area contributed by atoms with Gasteiger partial charge >= 0.3 is 0 Å². The van der Waals surface area contributed by atoms with Crippen molar-refractivity contribution in [2.75, 3.05) is 40.4 Å². The molecule has 0 aromatic rings. The second-order valence-corrected chi connectivity index (χ2v) is 5.44. The molecule has 1 aliphatic heterocycles. The van der Waals surface area contributed by atoms with Gasteiger partial charge in [-0.1, -0.05) is 0 Å². The Bertz CT molecular complexity index is 275. The molecule has 0 aliphatic carbocycles. The largest absolute Gasteiger partial charge is 0.383 e. The molecule has 1 aliphatic rings. The zero-order valence-electron chi connectivity index (χ0n) is 9.19. The van der Waals surface area contributed by atoms with Gasteiger partial charge in [-0.2, -0.15) is 17.4 Å². The predicted molar refractivity (Wildman–Crippen MR) is 57.8 cm³/mol. The van der Waals surface area contributed by atoms with Crippen molar-refractivity contribution in [2.24, 2.45) is 0 Å². The molecule has 15 heavy (non-hydrogen) atoms. The maximum atomic E-state index is 11.7. The highest BCUT2D eigenvalue weighted by atomic mass is 32.2. The molecule has 2 N–H and O–H groups in total. The average Bonchev–Trinajstić information content (AvgIpc) is 2.65. The smallest absolute Gasteiger partial charge is 0.279 e. The second kappa shape index (κ2) is 5.76. The molecule has 1 fully saturated rings. The highest BCUT2D eigenvalue weighted by Gasteiger charge is 2.24. The lowest BCUT2D eigenvalue weighted by Gasteiger charge is -2.19. The maximum Gasteiger partial charge on any atom is 0.279 e. The molecule has 0 aromatic heterocycles. The molecule has 0 aromatic carbocycles. The molecule has 7 heteroatoms. The third-order valence-electron chi connectivity index (χ3n) is 2.40. The first-order chi connectivity index (χ1) is 7.06. The molecule has 6 nitrogen and oxygen atoms in total. The van der Waals surface area contributed by atoms with Crippen LogP contribution in [0.3, 0.4) is 0 Å². The Kier molecular flexibility index (Phi) is 4.94. The summed E-state index contributed by atoms with van der Waals surface area (Å²) < 4.78 is 32.2. The summed E-state index contributed by atoms with van der Waals surface area (Å²) in [4.78, 5) is 0. The monoisotopic (exact) mass is 237 g/mol. The Morgan fingerprint density at radius 3 is 2.87 bits per heavy atom. The second-order valence-electron chi connectivity index (χ2n) is 3.63. The van der Waals surface area contributed by atoms with Crippen LogP contribution in [-0.4, -0.2) is 59.2 Å². The van der Waals surface area contributed by atoms with Crippen LogP contribution >= 0.6 is 0 Å². The van der Waals surface area contributed by atoms with Crippen LogP contribution in [-0.2, 0) is 14.9 Å². The number of hydrogen-bond acceptors (Lipinski definition) is 4. The van der Waals surface area contributed by atoms with Crippen molar-refractivity contribution in [3.8, 4) is 0 Å². The number of likely N-dealkylation sites (N-methyl/N-ethyl adjacent to an activating group) is 1. The van der Waals surface area contributed by atoms with E-state index >= 15 is 0 Å². The van der Waals surface area contributed by atoms with Crippen LogP contribution in [0, 0.1) is 0 Å².